The second kappa shape index (κ2) is 7.56. The molecule has 0 bridgehead atoms. The molecule has 0 amide bonds. The van der Waals surface area contributed by atoms with Crippen LogP contribution >= 0.6 is 0 Å². The van der Waals surface area contributed by atoms with Gasteiger partial charge in [0.1, 0.15) is 11.0 Å². The predicted octanol–water partition coefficient (Wildman–Crippen LogP) is 5.32. The second-order valence-electron chi connectivity index (χ2n) is 9.05. The highest BCUT2D eigenvalue weighted by atomic mass is 15.2. The molecule has 0 aliphatic rings. The van der Waals surface area contributed by atoms with Crippen LogP contribution in [0.4, 0.5) is 5.69 Å². The van der Waals surface area contributed by atoms with Gasteiger partial charge in [0.25, 0.3) is 0 Å². The van der Waals surface area contributed by atoms with Crippen molar-refractivity contribution < 1.29 is 0 Å². The fraction of sp³-hybridized carbons (Fsp3) is 0.208. The molecule has 0 spiro atoms. The molecule has 5 aromatic heterocycles. The maximum Gasteiger partial charge on any atom is 0.162 e. The third-order valence-corrected chi connectivity index (χ3v) is 4.99. The molecule has 0 saturated heterocycles. The Morgan fingerprint density at radius 2 is 2.00 bits per heavy atom. The van der Waals surface area contributed by atoms with Crippen molar-refractivity contribution in [3.05, 3.63) is 61.2 Å². The van der Waals surface area contributed by atoms with Crippen LogP contribution in [0.5, 0.6) is 0 Å². The number of aromatic amines is 2. The van der Waals surface area contributed by atoms with Gasteiger partial charge in [-0.2, -0.15) is 5.10 Å². The number of allylic oxidation sites excluding steroid dienone is 1. The second-order valence-corrected chi connectivity index (χ2v) is 9.05. The van der Waals surface area contributed by atoms with E-state index in [1.807, 2.05) is 30.3 Å². The molecule has 0 radical (unpaired) electrons. The number of nitrogens with zero attached hydrogens (tertiary/aromatic N) is 5. The highest BCUT2D eigenvalue weighted by Crippen LogP contribution is 2.29. The fourth-order valence-corrected chi connectivity index (χ4v) is 3.72. The zero-order valence-corrected chi connectivity index (χ0v) is 18.3. The first kappa shape index (κ1) is 19.9. The number of nitrogens with one attached hydrogen (secondary N) is 3. The van der Waals surface area contributed by atoms with Crippen molar-refractivity contribution in [2.75, 3.05) is 5.32 Å². The van der Waals surface area contributed by atoms with Crippen molar-refractivity contribution >= 4 is 27.9 Å². The average molecular weight is 425 g/mol. The minimum atomic E-state index is 0.158. The Kier molecular flexibility index (Phi) is 4.70. The maximum atomic E-state index is 4.87. The van der Waals surface area contributed by atoms with Gasteiger partial charge in [-0.25, -0.2) is 15.0 Å². The van der Waals surface area contributed by atoms with Crippen LogP contribution in [0.3, 0.4) is 0 Å². The first-order valence-electron chi connectivity index (χ1n) is 10.4. The molecule has 0 aliphatic carbocycles. The molecule has 0 atom stereocenters. The van der Waals surface area contributed by atoms with Crippen LogP contribution in [0.15, 0.2) is 61.2 Å². The number of rotatable bonds is 5. The first-order valence-corrected chi connectivity index (χ1v) is 10.4. The van der Waals surface area contributed by atoms with Gasteiger partial charge >= 0.3 is 0 Å². The molecule has 0 fully saturated rings. The molecule has 5 heterocycles. The van der Waals surface area contributed by atoms with Crippen LogP contribution < -0.4 is 5.32 Å². The Bertz CT molecular complexity index is 1400. The van der Waals surface area contributed by atoms with E-state index < -0.39 is 0 Å². The summed E-state index contributed by atoms with van der Waals surface area (Å²) < 4.78 is 0. The molecule has 0 saturated carbocycles. The van der Waals surface area contributed by atoms with E-state index in [0.717, 1.165) is 45.6 Å². The van der Waals surface area contributed by atoms with Crippen LogP contribution in [-0.2, 0) is 0 Å². The Morgan fingerprint density at radius 1 is 1.12 bits per heavy atom. The van der Waals surface area contributed by atoms with E-state index in [0.29, 0.717) is 17.2 Å². The van der Waals surface area contributed by atoms with Gasteiger partial charge in [-0.15, -0.1) is 0 Å². The monoisotopic (exact) mass is 424 g/mol. The van der Waals surface area contributed by atoms with Crippen LogP contribution in [-0.4, -0.2) is 35.1 Å². The maximum absolute atomic E-state index is 4.87. The lowest BCUT2D eigenvalue weighted by Crippen LogP contribution is -2.10. The summed E-state index contributed by atoms with van der Waals surface area (Å²) in [5.74, 6) is 0.627. The fourth-order valence-electron chi connectivity index (χ4n) is 3.72. The molecular formula is C24H24N8. The summed E-state index contributed by atoms with van der Waals surface area (Å²) in [6, 6.07) is 9.71. The standard InChI is InChI=1S/C24H24N8/c1-14(11-24(2,3)4)27-16-10-15(12-25-13-16)17-7-8-18-20(28-17)21(32-31-18)23-29-19-6-5-9-26-22(19)30-23/h5-10,12-13,27H,1,11H2,2-4H3,(H,31,32)(H,26,29,30). The van der Waals surface area contributed by atoms with Gasteiger partial charge in [0.05, 0.1) is 23.1 Å². The van der Waals surface area contributed by atoms with E-state index in [-0.39, 0.29) is 5.41 Å². The molecule has 5 rings (SSSR count). The van der Waals surface area contributed by atoms with Gasteiger partial charge in [-0.1, -0.05) is 27.4 Å². The lowest BCUT2D eigenvalue weighted by molar-refractivity contribution is 0.411. The highest BCUT2D eigenvalue weighted by Gasteiger charge is 2.16. The van der Waals surface area contributed by atoms with Crippen LogP contribution in [0.25, 0.3) is 45.0 Å². The van der Waals surface area contributed by atoms with Crippen LogP contribution in [0.1, 0.15) is 27.2 Å². The Balaban J connectivity index is 1.49. The average Bonchev–Trinajstić information content (AvgIpc) is 3.35. The number of imidazole rings is 1. The normalized spacial score (nSPS) is 11.8. The predicted molar refractivity (Wildman–Crippen MR) is 127 cm³/mol. The summed E-state index contributed by atoms with van der Waals surface area (Å²) in [5, 5.41) is 10.8. The van der Waals surface area contributed by atoms with E-state index in [2.05, 4.69) is 62.8 Å². The zero-order chi connectivity index (χ0) is 22.3. The SMILES string of the molecule is C=C(CC(C)(C)C)Nc1cncc(-c2ccc3[nH]nc(-c4nc5cccnc5[nH]4)c3n2)c1. The van der Waals surface area contributed by atoms with Gasteiger partial charge < -0.3 is 10.3 Å². The van der Waals surface area contributed by atoms with Crippen LogP contribution in [0.2, 0.25) is 0 Å². The lowest BCUT2D eigenvalue weighted by atomic mass is 9.91. The number of H-pyrrole nitrogens is 2. The Morgan fingerprint density at radius 3 is 2.81 bits per heavy atom. The first-order chi connectivity index (χ1) is 15.4. The third kappa shape index (κ3) is 3.94. The minimum absolute atomic E-state index is 0.158. The van der Waals surface area contributed by atoms with E-state index in [4.69, 9.17) is 4.98 Å². The largest absolute Gasteiger partial charge is 0.358 e. The zero-order valence-electron chi connectivity index (χ0n) is 18.3. The lowest BCUT2D eigenvalue weighted by Gasteiger charge is -2.20. The van der Waals surface area contributed by atoms with Gasteiger partial charge in [0.2, 0.25) is 0 Å². The quantitative estimate of drug-likeness (QED) is 0.352. The number of pyridine rings is 3. The summed E-state index contributed by atoms with van der Waals surface area (Å²) in [7, 11) is 0. The van der Waals surface area contributed by atoms with Gasteiger partial charge in [0.15, 0.2) is 17.2 Å². The van der Waals surface area contributed by atoms with Crippen molar-refractivity contribution in [2.24, 2.45) is 5.41 Å². The topological polar surface area (TPSA) is 108 Å². The molecule has 160 valence electrons. The number of hydrogen-bond donors (Lipinski definition) is 3. The van der Waals surface area contributed by atoms with E-state index in [9.17, 15) is 0 Å². The van der Waals surface area contributed by atoms with Crippen LogP contribution in [0, 0.1) is 5.41 Å². The van der Waals surface area contributed by atoms with Crippen molar-refractivity contribution in [2.45, 2.75) is 27.2 Å². The third-order valence-electron chi connectivity index (χ3n) is 4.99. The molecule has 0 unspecified atom stereocenters. The molecule has 0 aromatic carbocycles. The summed E-state index contributed by atoms with van der Waals surface area (Å²) in [4.78, 5) is 21.4. The Hall–Kier alpha value is -4.07. The number of aromatic nitrogens is 7. The summed E-state index contributed by atoms with van der Waals surface area (Å²) in [5.41, 5.74) is 7.42. The smallest absolute Gasteiger partial charge is 0.162 e. The van der Waals surface area contributed by atoms with Gasteiger partial charge in [-0.3, -0.25) is 10.1 Å². The number of anilines is 1. The van der Waals surface area contributed by atoms with E-state index in [1.165, 1.54) is 0 Å². The van der Waals surface area contributed by atoms with E-state index >= 15 is 0 Å². The molecule has 5 aromatic rings. The molecule has 8 nitrogen and oxygen atoms in total. The van der Waals surface area contributed by atoms with Gasteiger partial charge in [-0.05, 0) is 42.2 Å². The molecule has 3 N–H and O–H groups in total. The van der Waals surface area contributed by atoms with E-state index in [1.54, 1.807) is 18.6 Å². The summed E-state index contributed by atoms with van der Waals surface area (Å²) in [6.07, 6.45) is 6.19. The Labute approximate surface area is 185 Å². The molecular weight excluding hydrogens is 400 g/mol. The number of fused-ring (bicyclic) bond motifs is 2. The summed E-state index contributed by atoms with van der Waals surface area (Å²) in [6.45, 7) is 10.7. The molecule has 32 heavy (non-hydrogen) atoms. The number of hydrogen-bond acceptors (Lipinski definition) is 6. The molecule has 0 aliphatic heterocycles. The van der Waals surface area contributed by atoms with Crippen molar-refractivity contribution in [1.29, 1.82) is 0 Å². The highest BCUT2D eigenvalue weighted by molar-refractivity contribution is 5.91. The van der Waals surface area contributed by atoms with Crippen molar-refractivity contribution in [1.82, 2.24) is 35.1 Å². The minimum Gasteiger partial charge on any atom is -0.358 e. The van der Waals surface area contributed by atoms with Crippen molar-refractivity contribution in [3.63, 3.8) is 0 Å². The van der Waals surface area contributed by atoms with Crippen molar-refractivity contribution in [3.8, 4) is 22.8 Å². The molecule has 8 heteroatoms. The van der Waals surface area contributed by atoms with Gasteiger partial charge in [0, 0.05) is 23.7 Å². The summed E-state index contributed by atoms with van der Waals surface area (Å²) >= 11 is 0.